The van der Waals surface area contributed by atoms with Crippen LogP contribution in [0.2, 0.25) is 0 Å². The molecule has 1 aliphatic rings. The first kappa shape index (κ1) is 14.0. The largest absolute Gasteiger partial charge is 0.468 e. The summed E-state index contributed by atoms with van der Waals surface area (Å²) in [6.07, 6.45) is 4.60. The highest BCUT2D eigenvalue weighted by Crippen LogP contribution is 2.09. The Bertz CT molecular complexity index is 260. The second kappa shape index (κ2) is 7.27. The molecule has 0 spiro atoms. The molecule has 0 bridgehead atoms. The predicted molar refractivity (Wildman–Crippen MR) is 64.6 cm³/mol. The average Bonchev–Trinajstić information content (AvgIpc) is 2.57. The fraction of sp³-hybridized carbons (Fsp3) is 0.833. The highest BCUT2D eigenvalue weighted by atomic mass is 16.5. The summed E-state index contributed by atoms with van der Waals surface area (Å²) in [5, 5.41) is 0. The van der Waals surface area contributed by atoms with Crippen molar-refractivity contribution >= 4 is 11.9 Å². The Kier molecular flexibility index (Phi) is 5.97. The van der Waals surface area contributed by atoms with Gasteiger partial charge in [-0.1, -0.05) is 12.8 Å². The number of likely N-dealkylation sites (N-methyl/N-ethyl adjacent to an activating group) is 1. The van der Waals surface area contributed by atoms with E-state index < -0.39 is 0 Å². The summed E-state index contributed by atoms with van der Waals surface area (Å²) >= 11 is 0. The van der Waals surface area contributed by atoms with Crippen LogP contribution in [0.15, 0.2) is 0 Å². The molecule has 0 aliphatic carbocycles. The number of hydrogen-bond acceptors (Lipinski definition) is 4. The third kappa shape index (κ3) is 5.17. The summed E-state index contributed by atoms with van der Waals surface area (Å²) in [6, 6.07) is 0. The molecule has 1 rings (SSSR count). The normalized spacial score (nSPS) is 16.8. The SMILES string of the molecule is COC(=O)CN(C)CC(=O)N1CCCCCC1. The molecule has 1 fully saturated rings. The smallest absolute Gasteiger partial charge is 0.319 e. The number of ether oxygens (including phenoxy) is 1. The maximum atomic E-state index is 12.0. The minimum Gasteiger partial charge on any atom is -0.468 e. The number of methoxy groups -OCH3 is 1. The van der Waals surface area contributed by atoms with Gasteiger partial charge in [0, 0.05) is 13.1 Å². The molecule has 1 saturated heterocycles. The second-order valence-electron chi connectivity index (χ2n) is 4.54. The van der Waals surface area contributed by atoms with Crippen molar-refractivity contribution in [2.24, 2.45) is 0 Å². The van der Waals surface area contributed by atoms with Crippen molar-refractivity contribution in [3.8, 4) is 0 Å². The lowest BCUT2D eigenvalue weighted by Gasteiger charge is -2.23. The number of nitrogens with zero attached hydrogens (tertiary/aromatic N) is 2. The van der Waals surface area contributed by atoms with Crippen LogP contribution in [0.25, 0.3) is 0 Å². The van der Waals surface area contributed by atoms with Crippen LogP contribution in [0.4, 0.5) is 0 Å². The molecule has 1 amide bonds. The third-order valence-electron chi connectivity index (χ3n) is 2.99. The number of carbonyl (C=O) groups excluding carboxylic acids is 2. The van der Waals surface area contributed by atoms with Gasteiger partial charge in [-0.3, -0.25) is 14.5 Å². The molecule has 0 unspecified atom stereocenters. The fourth-order valence-electron chi connectivity index (χ4n) is 1.99. The lowest BCUT2D eigenvalue weighted by molar-refractivity contribution is -0.142. The highest BCUT2D eigenvalue weighted by Gasteiger charge is 2.18. The van der Waals surface area contributed by atoms with E-state index in [0.29, 0.717) is 0 Å². The Morgan fingerprint density at radius 1 is 1.12 bits per heavy atom. The van der Waals surface area contributed by atoms with E-state index in [0.717, 1.165) is 25.9 Å². The standard InChI is InChI=1S/C12H22N2O3/c1-13(10-12(16)17-2)9-11(15)14-7-5-3-4-6-8-14/h3-10H2,1-2H3. The minimum absolute atomic E-state index is 0.110. The van der Waals surface area contributed by atoms with E-state index in [-0.39, 0.29) is 25.0 Å². The summed E-state index contributed by atoms with van der Waals surface area (Å²) in [7, 11) is 3.11. The maximum Gasteiger partial charge on any atom is 0.319 e. The molecule has 0 atom stereocenters. The van der Waals surface area contributed by atoms with E-state index in [2.05, 4.69) is 4.74 Å². The quantitative estimate of drug-likeness (QED) is 0.673. The van der Waals surface area contributed by atoms with Crippen molar-refractivity contribution < 1.29 is 14.3 Å². The number of carbonyl (C=O) groups is 2. The van der Waals surface area contributed by atoms with Crippen molar-refractivity contribution in [2.45, 2.75) is 25.7 Å². The molecule has 5 nitrogen and oxygen atoms in total. The first-order chi connectivity index (χ1) is 8.13. The summed E-state index contributed by atoms with van der Waals surface area (Å²) in [5.74, 6) is -0.200. The summed E-state index contributed by atoms with van der Waals surface area (Å²) in [5.41, 5.74) is 0. The zero-order valence-corrected chi connectivity index (χ0v) is 10.8. The Morgan fingerprint density at radius 3 is 2.24 bits per heavy atom. The Labute approximate surface area is 103 Å². The van der Waals surface area contributed by atoms with Crippen LogP contribution in [-0.2, 0) is 14.3 Å². The van der Waals surface area contributed by atoms with Gasteiger partial charge in [0.05, 0.1) is 20.2 Å². The molecule has 0 aromatic rings. The van der Waals surface area contributed by atoms with Gasteiger partial charge >= 0.3 is 5.97 Å². The third-order valence-corrected chi connectivity index (χ3v) is 2.99. The first-order valence-corrected chi connectivity index (χ1v) is 6.16. The number of hydrogen-bond donors (Lipinski definition) is 0. The summed E-state index contributed by atoms with van der Waals surface area (Å²) in [4.78, 5) is 26.6. The second-order valence-corrected chi connectivity index (χ2v) is 4.54. The van der Waals surface area contributed by atoms with E-state index in [1.54, 1.807) is 11.9 Å². The average molecular weight is 242 g/mol. The van der Waals surface area contributed by atoms with Crippen molar-refractivity contribution in [1.29, 1.82) is 0 Å². The van der Waals surface area contributed by atoms with Crippen LogP contribution >= 0.6 is 0 Å². The fourth-order valence-corrected chi connectivity index (χ4v) is 1.99. The molecular formula is C12H22N2O3. The Balaban J connectivity index is 2.33. The van der Waals surface area contributed by atoms with Gasteiger partial charge in [-0.05, 0) is 19.9 Å². The van der Waals surface area contributed by atoms with E-state index in [1.165, 1.54) is 20.0 Å². The van der Waals surface area contributed by atoms with Crippen LogP contribution in [0, 0.1) is 0 Å². The zero-order chi connectivity index (χ0) is 12.7. The lowest BCUT2D eigenvalue weighted by atomic mass is 10.2. The van der Waals surface area contributed by atoms with Gasteiger partial charge in [0.2, 0.25) is 5.91 Å². The molecule has 1 heterocycles. The molecule has 0 aromatic carbocycles. The van der Waals surface area contributed by atoms with Gasteiger partial charge in [-0.2, -0.15) is 0 Å². The van der Waals surface area contributed by atoms with E-state index >= 15 is 0 Å². The van der Waals surface area contributed by atoms with E-state index in [1.807, 2.05) is 4.90 Å². The van der Waals surface area contributed by atoms with Crippen molar-refractivity contribution in [3.05, 3.63) is 0 Å². The maximum absolute atomic E-state index is 12.0. The zero-order valence-electron chi connectivity index (χ0n) is 10.8. The predicted octanol–water partition coefficient (Wildman–Crippen LogP) is 0.494. The molecule has 98 valence electrons. The van der Waals surface area contributed by atoms with Crippen molar-refractivity contribution in [2.75, 3.05) is 40.3 Å². The molecule has 17 heavy (non-hydrogen) atoms. The first-order valence-electron chi connectivity index (χ1n) is 6.16. The number of likely N-dealkylation sites (tertiary alicyclic amines) is 1. The number of esters is 1. The van der Waals surface area contributed by atoms with Crippen LogP contribution in [0.5, 0.6) is 0 Å². The van der Waals surface area contributed by atoms with Crippen molar-refractivity contribution in [3.63, 3.8) is 0 Å². The molecular weight excluding hydrogens is 220 g/mol. The van der Waals surface area contributed by atoms with Crippen molar-refractivity contribution in [1.82, 2.24) is 9.80 Å². The van der Waals surface area contributed by atoms with Crippen LogP contribution in [-0.4, -0.2) is 62.0 Å². The number of amides is 1. The Hall–Kier alpha value is -1.10. The molecule has 0 aromatic heterocycles. The monoisotopic (exact) mass is 242 g/mol. The molecule has 5 heteroatoms. The molecule has 1 aliphatic heterocycles. The van der Waals surface area contributed by atoms with E-state index in [4.69, 9.17) is 0 Å². The minimum atomic E-state index is -0.309. The van der Waals surface area contributed by atoms with Gasteiger partial charge < -0.3 is 9.64 Å². The molecule has 0 saturated carbocycles. The van der Waals surface area contributed by atoms with E-state index in [9.17, 15) is 9.59 Å². The molecule has 0 N–H and O–H groups in total. The highest BCUT2D eigenvalue weighted by molar-refractivity contribution is 5.79. The molecule has 0 radical (unpaired) electrons. The van der Waals surface area contributed by atoms with Gasteiger partial charge in [-0.15, -0.1) is 0 Å². The van der Waals surface area contributed by atoms with Crippen LogP contribution in [0.3, 0.4) is 0 Å². The van der Waals surface area contributed by atoms with Crippen LogP contribution < -0.4 is 0 Å². The van der Waals surface area contributed by atoms with Gasteiger partial charge in [0.1, 0.15) is 0 Å². The lowest BCUT2D eigenvalue weighted by Crippen LogP contribution is -2.41. The van der Waals surface area contributed by atoms with Gasteiger partial charge in [0.15, 0.2) is 0 Å². The van der Waals surface area contributed by atoms with Gasteiger partial charge in [-0.25, -0.2) is 0 Å². The number of rotatable bonds is 4. The summed E-state index contributed by atoms with van der Waals surface area (Å²) in [6.45, 7) is 2.15. The Morgan fingerprint density at radius 2 is 1.71 bits per heavy atom. The van der Waals surface area contributed by atoms with Crippen LogP contribution in [0.1, 0.15) is 25.7 Å². The topological polar surface area (TPSA) is 49.9 Å². The van der Waals surface area contributed by atoms with Gasteiger partial charge in [0.25, 0.3) is 0 Å². The summed E-state index contributed by atoms with van der Waals surface area (Å²) < 4.78 is 4.56.